The van der Waals surface area contributed by atoms with Crippen LogP contribution in [0.3, 0.4) is 0 Å². The number of ether oxygens (including phenoxy) is 1. The minimum absolute atomic E-state index is 0.0179. The van der Waals surface area contributed by atoms with Crippen LogP contribution in [0.5, 0.6) is 0 Å². The van der Waals surface area contributed by atoms with Crippen LogP contribution >= 0.6 is 15.6 Å². The van der Waals surface area contributed by atoms with E-state index in [1.807, 2.05) is 13.8 Å². The van der Waals surface area contributed by atoms with Crippen LogP contribution in [0.2, 0.25) is 0 Å². The Balaban J connectivity index is 2.41. The quantitative estimate of drug-likeness (QED) is 0.641. The van der Waals surface area contributed by atoms with E-state index in [1.54, 1.807) is 0 Å². The molecule has 102 valence electrons. The molecule has 17 heavy (non-hydrogen) atoms. The third-order valence-electron chi connectivity index (χ3n) is 2.48. The molecule has 1 heterocycles. The van der Waals surface area contributed by atoms with Crippen LogP contribution in [-0.4, -0.2) is 33.5 Å². The predicted molar refractivity (Wildman–Crippen MR) is 57.0 cm³/mol. The summed E-state index contributed by atoms with van der Waals surface area (Å²) >= 11 is 0. The summed E-state index contributed by atoms with van der Waals surface area (Å²) in [5.41, 5.74) is 0. The van der Waals surface area contributed by atoms with E-state index in [1.165, 1.54) is 0 Å². The van der Waals surface area contributed by atoms with Crippen molar-refractivity contribution in [2.75, 3.05) is 6.61 Å². The topological polar surface area (TPSA) is 123 Å². The van der Waals surface area contributed by atoms with Crippen LogP contribution in [-0.2, 0) is 22.7 Å². The lowest BCUT2D eigenvalue weighted by Gasteiger charge is -2.15. The van der Waals surface area contributed by atoms with Gasteiger partial charge in [-0.3, -0.25) is 4.52 Å². The van der Waals surface area contributed by atoms with E-state index in [0.29, 0.717) is 12.3 Å². The Morgan fingerprint density at radius 1 is 1.29 bits per heavy atom. The smallest absolute Gasteiger partial charge is 0.373 e. The molecular weight excluding hydrogens is 274 g/mol. The van der Waals surface area contributed by atoms with Gasteiger partial charge >= 0.3 is 15.6 Å². The summed E-state index contributed by atoms with van der Waals surface area (Å²) in [5, 5.41) is 0. The average Bonchev–Trinajstić information content (AvgIpc) is 2.39. The lowest BCUT2D eigenvalue weighted by molar-refractivity contribution is 0.0139. The first-order valence-corrected chi connectivity index (χ1v) is 8.01. The second-order valence-corrected chi connectivity index (χ2v) is 6.84. The Bertz CT molecular complexity index is 342. The molecule has 0 aromatic heterocycles. The summed E-state index contributed by atoms with van der Waals surface area (Å²) < 4.78 is 35.0. The normalized spacial score (nSPS) is 33.6. The Hall–Kier alpha value is 0.220. The first-order chi connectivity index (χ1) is 7.59. The SMILES string of the molecule is C[C@@H]1OC(COP(=O)(O)OP(=O)(O)O)C[C@@H]1C. The lowest BCUT2D eigenvalue weighted by atomic mass is 10.0. The molecule has 0 radical (unpaired) electrons. The molecule has 0 spiro atoms. The van der Waals surface area contributed by atoms with Crippen LogP contribution in [0.25, 0.3) is 0 Å². The summed E-state index contributed by atoms with van der Waals surface area (Å²) in [6, 6.07) is 0. The van der Waals surface area contributed by atoms with Crippen molar-refractivity contribution in [2.45, 2.75) is 32.5 Å². The minimum atomic E-state index is -5.05. The van der Waals surface area contributed by atoms with E-state index >= 15 is 0 Å². The summed E-state index contributed by atoms with van der Waals surface area (Å²) in [6.07, 6.45) is 0.294. The fourth-order valence-corrected chi connectivity index (χ4v) is 3.16. The molecule has 1 aliphatic heterocycles. The fourth-order valence-electron chi connectivity index (χ4n) is 1.54. The van der Waals surface area contributed by atoms with Crippen molar-refractivity contribution >= 4 is 15.6 Å². The van der Waals surface area contributed by atoms with E-state index in [0.717, 1.165) is 0 Å². The van der Waals surface area contributed by atoms with Crippen molar-refractivity contribution in [3.8, 4) is 0 Å². The number of phosphoric acid groups is 2. The van der Waals surface area contributed by atoms with Crippen molar-refractivity contribution < 1.29 is 37.4 Å². The first-order valence-electron chi connectivity index (χ1n) is 4.99. The summed E-state index contributed by atoms with van der Waals surface area (Å²) in [7, 11) is -9.80. The van der Waals surface area contributed by atoms with E-state index in [9.17, 15) is 9.13 Å². The van der Waals surface area contributed by atoms with Gasteiger partial charge in [-0.15, -0.1) is 0 Å². The van der Waals surface area contributed by atoms with E-state index in [-0.39, 0.29) is 18.8 Å². The molecule has 0 aromatic carbocycles. The largest absolute Gasteiger partial charge is 0.481 e. The van der Waals surface area contributed by atoms with Gasteiger partial charge < -0.3 is 19.4 Å². The number of rotatable bonds is 5. The highest BCUT2D eigenvalue weighted by Gasteiger charge is 2.35. The molecule has 0 saturated carbocycles. The minimum Gasteiger partial charge on any atom is -0.373 e. The van der Waals surface area contributed by atoms with Crippen LogP contribution in [0.15, 0.2) is 0 Å². The second-order valence-electron chi connectivity index (χ2n) is 4.01. The van der Waals surface area contributed by atoms with Gasteiger partial charge in [0.15, 0.2) is 0 Å². The van der Waals surface area contributed by atoms with Crippen LogP contribution < -0.4 is 0 Å². The van der Waals surface area contributed by atoms with Crippen molar-refractivity contribution in [3.63, 3.8) is 0 Å². The predicted octanol–water partition coefficient (Wildman–Crippen LogP) is 1.03. The van der Waals surface area contributed by atoms with Crippen LogP contribution in [0.1, 0.15) is 20.3 Å². The van der Waals surface area contributed by atoms with Gasteiger partial charge in [-0.05, 0) is 19.3 Å². The zero-order chi connectivity index (χ0) is 13.3. The van der Waals surface area contributed by atoms with Gasteiger partial charge in [-0.2, -0.15) is 4.31 Å². The number of hydrogen-bond acceptors (Lipinski definition) is 5. The van der Waals surface area contributed by atoms with Gasteiger partial charge in [0, 0.05) is 0 Å². The summed E-state index contributed by atoms with van der Waals surface area (Å²) in [6.45, 7) is 3.59. The van der Waals surface area contributed by atoms with E-state index < -0.39 is 15.6 Å². The highest BCUT2D eigenvalue weighted by atomic mass is 31.3. The van der Waals surface area contributed by atoms with Crippen molar-refractivity contribution in [1.29, 1.82) is 0 Å². The maximum absolute atomic E-state index is 11.1. The zero-order valence-electron chi connectivity index (χ0n) is 9.42. The van der Waals surface area contributed by atoms with Gasteiger partial charge in [0.1, 0.15) is 0 Å². The van der Waals surface area contributed by atoms with Gasteiger partial charge in [0.05, 0.1) is 18.8 Å². The highest BCUT2D eigenvalue weighted by Crippen LogP contribution is 2.57. The second kappa shape index (κ2) is 5.47. The number of phosphoric ester groups is 1. The standard InChI is InChI=1S/C7H16O8P2/c1-5-3-7(14-6(5)2)4-13-17(11,12)15-16(8,9)10/h5-7H,3-4H2,1-2H3,(H,11,12)(H2,8,9,10)/t5-,6-,7?/m0/s1. The molecule has 1 fully saturated rings. The van der Waals surface area contributed by atoms with Crippen molar-refractivity contribution in [3.05, 3.63) is 0 Å². The van der Waals surface area contributed by atoms with Crippen molar-refractivity contribution in [1.82, 2.24) is 0 Å². The van der Waals surface area contributed by atoms with E-state index in [4.69, 9.17) is 19.4 Å². The molecule has 0 bridgehead atoms. The molecule has 10 heteroatoms. The molecule has 0 amide bonds. The maximum atomic E-state index is 11.1. The van der Waals surface area contributed by atoms with Gasteiger partial charge in [-0.1, -0.05) is 6.92 Å². The molecule has 2 unspecified atom stereocenters. The molecule has 1 aliphatic rings. The Morgan fingerprint density at radius 3 is 2.29 bits per heavy atom. The van der Waals surface area contributed by atoms with Gasteiger partial charge in [-0.25, -0.2) is 9.13 Å². The molecule has 8 nitrogen and oxygen atoms in total. The molecular formula is C7H16O8P2. The van der Waals surface area contributed by atoms with Crippen molar-refractivity contribution in [2.24, 2.45) is 5.92 Å². The summed E-state index contributed by atoms with van der Waals surface area (Å²) in [5.74, 6) is 0.296. The Morgan fingerprint density at radius 2 is 1.88 bits per heavy atom. The number of hydrogen-bond donors (Lipinski definition) is 3. The fraction of sp³-hybridized carbons (Fsp3) is 1.00. The zero-order valence-corrected chi connectivity index (χ0v) is 11.2. The lowest BCUT2D eigenvalue weighted by Crippen LogP contribution is -2.15. The Kier molecular flexibility index (Phi) is 4.91. The first kappa shape index (κ1) is 15.3. The summed E-state index contributed by atoms with van der Waals surface area (Å²) in [4.78, 5) is 25.8. The maximum Gasteiger partial charge on any atom is 0.481 e. The molecule has 0 aromatic rings. The third-order valence-corrected chi connectivity index (χ3v) is 4.63. The van der Waals surface area contributed by atoms with E-state index in [2.05, 4.69) is 8.83 Å². The highest BCUT2D eigenvalue weighted by molar-refractivity contribution is 7.60. The molecule has 4 atom stereocenters. The van der Waals surface area contributed by atoms with Crippen LogP contribution in [0, 0.1) is 5.92 Å². The van der Waals surface area contributed by atoms with Gasteiger partial charge in [0.25, 0.3) is 0 Å². The molecule has 1 rings (SSSR count). The monoisotopic (exact) mass is 290 g/mol. The molecule has 0 aliphatic carbocycles. The van der Waals surface area contributed by atoms with Gasteiger partial charge in [0.2, 0.25) is 0 Å². The molecule has 1 saturated heterocycles. The average molecular weight is 290 g/mol. The Labute approximate surface area is 98.7 Å². The molecule has 3 N–H and O–H groups in total. The third kappa shape index (κ3) is 5.59. The van der Waals surface area contributed by atoms with Crippen LogP contribution in [0.4, 0.5) is 0 Å².